The van der Waals surface area contributed by atoms with Gasteiger partial charge in [0.2, 0.25) is 0 Å². The molecule has 1 heterocycles. The molecule has 0 aromatic carbocycles. The number of nitrogens with zero attached hydrogens (tertiary/aromatic N) is 1. The van der Waals surface area contributed by atoms with Crippen molar-refractivity contribution >= 4 is 5.97 Å². The Morgan fingerprint density at radius 2 is 2.56 bits per heavy atom. The van der Waals surface area contributed by atoms with E-state index >= 15 is 0 Å². The lowest BCUT2D eigenvalue weighted by molar-refractivity contribution is -0.134. The van der Waals surface area contributed by atoms with Crippen LogP contribution in [0, 0.1) is 0 Å². The van der Waals surface area contributed by atoms with E-state index in [9.17, 15) is 4.79 Å². The van der Waals surface area contributed by atoms with E-state index in [4.69, 9.17) is 5.11 Å². The molecular formula is C6H9NO2. The van der Waals surface area contributed by atoms with E-state index in [0.29, 0.717) is 5.70 Å². The van der Waals surface area contributed by atoms with Crippen molar-refractivity contribution in [3.63, 3.8) is 0 Å². The molecule has 0 aliphatic carbocycles. The number of carboxylic acids is 1. The van der Waals surface area contributed by atoms with E-state index in [1.165, 1.54) is 0 Å². The minimum absolute atomic E-state index is 0.426. The molecule has 1 rings (SSSR count). The molecule has 0 atom stereocenters. The first kappa shape index (κ1) is 6.13. The molecule has 0 saturated carbocycles. The van der Waals surface area contributed by atoms with Crippen LogP contribution >= 0.6 is 0 Å². The largest absolute Gasteiger partial charge is 0.477 e. The Balaban J connectivity index is 2.68. The van der Waals surface area contributed by atoms with Gasteiger partial charge in [-0.15, -0.1) is 0 Å². The summed E-state index contributed by atoms with van der Waals surface area (Å²) >= 11 is 0. The third kappa shape index (κ3) is 1.04. The van der Waals surface area contributed by atoms with Crippen molar-refractivity contribution in [1.29, 1.82) is 0 Å². The van der Waals surface area contributed by atoms with Crippen LogP contribution in [0.5, 0.6) is 0 Å². The number of carboxylic acid groups (broad SMARTS) is 1. The summed E-state index contributed by atoms with van der Waals surface area (Å²) in [6, 6.07) is 0. The third-order valence-corrected chi connectivity index (χ3v) is 1.43. The Morgan fingerprint density at radius 1 is 1.89 bits per heavy atom. The topological polar surface area (TPSA) is 40.5 Å². The molecule has 3 heteroatoms. The van der Waals surface area contributed by atoms with Gasteiger partial charge >= 0.3 is 5.97 Å². The van der Waals surface area contributed by atoms with Crippen molar-refractivity contribution in [2.45, 2.75) is 6.42 Å². The van der Waals surface area contributed by atoms with Gasteiger partial charge in [0.05, 0.1) is 0 Å². The minimum Gasteiger partial charge on any atom is -0.477 e. The number of rotatable bonds is 1. The van der Waals surface area contributed by atoms with Gasteiger partial charge in [0.25, 0.3) is 0 Å². The number of aliphatic carboxylic acids is 1. The fourth-order valence-corrected chi connectivity index (χ4v) is 0.922. The summed E-state index contributed by atoms with van der Waals surface area (Å²) < 4.78 is 0. The Morgan fingerprint density at radius 3 is 2.78 bits per heavy atom. The standard InChI is InChI=1S/C6H9NO2/c1-7-4-2-3-5(7)6(8)9/h3H,2,4H2,1H3,(H,8,9). The maximum atomic E-state index is 10.3. The summed E-state index contributed by atoms with van der Waals surface area (Å²) in [5.41, 5.74) is 0.426. The summed E-state index contributed by atoms with van der Waals surface area (Å²) in [5, 5.41) is 8.47. The Hall–Kier alpha value is -0.990. The van der Waals surface area contributed by atoms with Crippen molar-refractivity contribution in [2.75, 3.05) is 13.6 Å². The molecule has 1 N–H and O–H groups in total. The molecule has 9 heavy (non-hydrogen) atoms. The molecule has 0 spiro atoms. The predicted molar refractivity (Wildman–Crippen MR) is 33.0 cm³/mol. The Bertz CT molecular complexity index is 162. The summed E-state index contributed by atoms with van der Waals surface area (Å²) in [6.07, 6.45) is 2.60. The highest BCUT2D eigenvalue weighted by molar-refractivity contribution is 5.86. The van der Waals surface area contributed by atoms with Crippen LogP contribution in [0.4, 0.5) is 0 Å². The first-order chi connectivity index (χ1) is 4.22. The average molecular weight is 127 g/mol. The summed E-state index contributed by atoms with van der Waals surface area (Å²) in [7, 11) is 1.78. The zero-order valence-corrected chi connectivity index (χ0v) is 5.29. The first-order valence-corrected chi connectivity index (χ1v) is 2.86. The van der Waals surface area contributed by atoms with Gasteiger partial charge in [-0.05, 0) is 6.42 Å². The molecule has 0 aromatic rings. The zero-order chi connectivity index (χ0) is 6.85. The molecular weight excluding hydrogens is 118 g/mol. The van der Waals surface area contributed by atoms with Crippen LogP contribution in [0.15, 0.2) is 11.8 Å². The van der Waals surface area contributed by atoms with Gasteiger partial charge in [0.1, 0.15) is 5.70 Å². The van der Waals surface area contributed by atoms with Crippen LogP contribution in [-0.4, -0.2) is 29.6 Å². The lowest BCUT2D eigenvalue weighted by atomic mass is 10.4. The van der Waals surface area contributed by atoms with Crippen molar-refractivity contribution in [3.05, 3.63) is 11.8 Å². The molecule has 0 unspecified atom stereocenters. The van der Waals surface area contributed by atoms with Crippen LogP contribution in [0.2, 0.25) is 0 Å². The molecule has 50 valence electrons. The highest BCUT2D eigenvalue weighted by Crippen LogP contribution is 2.10. The second-order valence-corrected chi connectivity index (χ2v) is 2.10. The zero-order valence-electron chi connectivity index (χ0n) is 5.29. The molecule has 3 nitrogen and oxygen atoms in total. The van der Waals surface area contributed by atoms with Gasteiger partial charge in [0.15, 0.2) is 0 Å². The lowest BCUT2D eigenvalue weighted by Gasteiger charge is -2.10. The number of hydrogen-bond donors (Lipinski definition) is 1. The quantitative estimate of drug-likeness (QED) is 0.550. The molecule has 1 aliphatic rings. The van der Waals surface area contributed by atoms with Crippen molar-refractivity contribution < 1.29 is 9.90 Å². The van der Waals surface area contributed by atoms with Crippen molar-refractivity contribution in [1.82, 2.24) is 4.90 Å². The first-order valence-electron chi connectivity index (χ1n) is 2.86. The molecule has 0 saturated heterocycles. The molecule has 1 aliphatic heterocycles. The predicted octanol–water partition coefficient (Wildman–Crippen LogP) is 0.290. The van der Waals surface area contributed by atoms with Gasteiger partial charge in [-0.2, -0.15) is 0 Å². The van der Waals surface area contributed by atoms with Crippen molar-refractivity contribution in [2.24, 2.45) is 0 Å². The normalized spacial score (nSPS) is 17.9. The fourth-order valence-electron chi connectivity index (χ4n) is 0.922. The Kier molecular flexibility index (Phi) is 1.42. The Labute approximate surface area is 53.6 Å². The average Bonchev–Trinajstić information content (AvgIpc) is 2.13. The lowest BCUT2D eigenvalue weighted by Crippen LogP contribution is -2.18. The molecule has 0 fully saturated rings. The smallest absolute Gasteiger partial charge is 0.351 e. The van der Waals surface area contributed by atoms with E-state index in [1.807, 2.05) is 0 Å². The molecule has 0 amide bonds. The highest BCUT2D eigenvalue weighted by Gasteiger charge is 2.15. The van der Waals surface area contributed by atoms with Crippen LogP contribution in [0.3, 0.4) is 0 Å². The maximum absolute atomic E-state index is 10.3. The van der Waals surface area contributed by atoms with E-state index in [1.54, 1.807) is 18.0 Å². The summed E-state index contributed by atoms with van der Waals surface area (Å²) in [6.45, 7) is 0.835. The number of likely N-dealkylation sites (N-methyl/N-ethyl adjacent to an activating group) is 1. The van der Waals surface area contributed by atoms with Crippen molar-refractivity contribution in [3.8, 4) is 0 Å². The van der Waals surface area contributed by atoms with E-state index in [0.717, 1.165) is 13.0 Å². The fraction of sp³-hybridized carbons (Fsp3) is 0.500. The van der Waals surface area contributed by atoms with Gasteiger partial charge in [-0.1, -0.05) is 6.08 Å². The summed E-state index contributed by atoms with van der Waals surface area (Å²) in [5.74, 6) is -0.824. The second kappa shape index (κ2) is 2.09. The molecule has 0 aromatic heterocycles. The van der Waals surface area contributed by atoms with Crippen LogP contribution < -0.4 is 0 Å². The van der Waals surface area contributed by atoms with Crippen LogP contribution in [0.1, 0.15) is 6.42 Å². The number of carbonyl (C=O) groups is 1. The van der Waals surface area contributed by atoms with Gasteiger partial charge in [-0.3, -0.25) is 0 Å². The van der Waals surface area contributed by atoms with Gasteiger partial charge in [0, 0.05) is 13.6 Å². The van der Waals surface area contributed by atoms with Gasteiger partial charge < -0.3 is 10.0 Å². The van der Waals surface area contributed by atoms with Gasteiger partial charge in [-0.25, -0.2) is 4.79 Å². The van der Waals surface area contributed by atoms with E-state index in [-0.39, 0.29) is 0 Å². The van der Waals surface area contributed by atoms with E-state index < -0.39 is 5.97 Å². The van der Waals surface area contributed by atoms with E-state index in [2.05, 4.69) is 0 Å². The number of hydrogen-bond acceptors (Lipinski definition) is 2. The monoisotopic (exact) mass is 127 g/mol. The maximum Gasteiger partial charge on any atom is 0.351 e. The highest BCUT2D eigenvalue weighted by atomic mass is 16.4. The third-order valence-electron chi connectivity index (χ3n) is 1.43. The molecule has 0 bridgehead atoms. The SMILES string of the molecule is CN1CCC=C1C(=O)O. The van der Waals surface area contributed by atoms with Crippen LogP contribution in [0.25, 0.3) is 0 Å². The second-order valence-electron chi connectivity index (χ2n) is 2.10. The van der Waals surface area contributed by atoms with Crippen LogP contribution in [-0.2, 0) is 4.79 Å². The minimum atomic E-state index is -0.824. The summed E-state index contributed by atoms with van der Waals surface area (Å²) in [4.78, 5) is 12.0. The molecule has 0 radical (unpaired) electrons.